The number of hydrogen-bond acceptors (Lipinski definition) is 5. The fourth-order valence-electron chi connectivity index (χ4n) is 8.32. The number of ether oxygens (including phenoxy) is 3. The molecule has 5 aliphatic rings. The third kappa shape index (κ3) is 2.53. The lowest BCUT2D eigenvalue weighted by Crippen LogP contribution is -2.64. The van der Waals surface area contributed by atoms with Crippen molar-refractivity contribution in [3.63, 3.8) is 0 Å². The number of methoxy groups -OCH3 is 2. The van der Waals surface area contributed by atoms with Crippen molar-refractivity contribution in [3.05, 3.63) is 11.1 Å². The highest BCUT2D eigenvalue weighted by Gasteiger charge is 2.69. The van der Waals surface area contributed by atoms with Gasteiger partial charge in [0.05, 0.1) is 19.6 Å². The number of esters is 1. The second-order valence-electron chi connectivity index (χ2n) is 10.4. The van der Waals surface area contributed by atoms with Crippen molar-refractivity contribution in [2.24, 2.45) is 28.6 Å². The van der Waals surface area contributed by atoms with Crippen LogP contribution < -0.4 is 0 Å². The van der Waals surface area contributed by atoms with Crippen molar-refractivity contribution < 1.29 is 19.0 Å². The monoisotopic (exact) mass is 403 g/mol. The van der Waals surface area contributed by atoms with E-state index in [9.17, 15) is 4.79 Å². The highest BCUT2D eigenvalue weighted by molar-refractivity contribution is 5.75. The second-order valence-corrected chi connectivity index (χ2v) is 10.4. The van der Waals surface area contributed by atoms with Crippen LogP contribution in [0.15, 0.2) is 11.1 Å². The zero-order valence-electron chi connectivity index (χ0n) is 18.6. The highest BCUT2D eigenvalue weighted by atomic mass is 16.7. The number of rotatable bonds is 3. The van der Waals surface area contributed by atoms with Crippen LogP contribution in [0, 0.1) is 28.6 Å². The first kappa shape index (κ1) is 20.0. The van der Waals surface area contributed by atoms with Crippen LogP contribution in [-0.4, -0.2) is 57.6 Å². The van der Waals surface area contributed by atoms with E-state index in [1.54, 1.807) is 25.4 Å². The van der Waals surface area contributed by atoms with Gasteiger partial charge in [-0.2, -0.15) is 0 Å². The number of piperidine rings is 1. The SMILES string of the molecule is CC[C@]1(OC)CC[C@@]2(CO1)[C@H]1CCC3=C4[C@H](CC3)[C@H](C(=O)OC)C[C@]42CN(C)C1. The molecule has 0 N–H and O–H groups in total. The van der Waals surface area contributed by atoms with Crippen LogP contribution in [0.5, 0.6) is 0 Å². The molecule has 6 atom stereocenters. The number of carbonyl (C=O) groups is 1. The third-order valence-electron chi connectivity index (χ3n) is 9.64. The predicted molar refractivity (Wildman–Crippen MR) is 110 cm³/mol. The largest absolute Gasteiger partial charge is 0.469 e. The van der Waals surface area contributed by atoms with Crippen LogP contribution >= 0.6 is 0 Å². The molecule has 1 saturated carbocycles. The van der Waals surface area contributed by atoms with Gasteiger partial charge < -0.3 is 19.1 Å². The average Bonchev–Trinajstić information content (AvgIpc) is 3.28. The summed E-state index contributed by atoms with van der Waals surface area (Å²) in [6, 6.07) is 0. The van der Waals surface area contributed by atoms with Gasteiger partial charge in [0, 0.05) is 37.5 Å². The molecule has 3 aliphatic carbocycles. The lowest BCUT2D eigenvalue weighted by atomic mass is 9.50. The van der Waals surface area contributed by atoms with Gasteiger partial charge in [0.15, 0.2) is 5.79 Å². The molecule has 2 heterocycles. The Balaban J connectivity index is 1.62. The molecule has 2 aliphatic heterocycles. The molecule has 162 valence electrons. The van der Waals surface area contributed by atoms with Crippen LogP contribution in [0.2, 0.25) is 0 Å². The molecule has 0 aromatic heterocycles. The van der Waals surface area contributed by atoms with E-state index in [4.69, 9.17) is 14.2 Å². The van der Waals surface area contributed by atoms with Crippen LogP contribution in [0.4, 0.5) is 0 Å². The molecule has 5 rings (SSSR count). The molecule has 29 heavy (non-hydrogen) atoms. The average molecular weight is 404 g/mol. The van der Waals surface area contributed by atoms with E-state index in [-0.39, 0.29) is 22.7 Å². The molecular weight excluding hydrogens is 366 g/mol. The van der Waals surface area contributed by atoms with E-state index < -0.39 is 5.79 Å². The van der Waals surface area contributed by atoms with E-state index in [2.05, 4.69) is 18.9 Å². The summed E-state index contributed by atoms with van der Waals surface area (Å²) in [5.41, 5.74) is 3.52. The molecule has 0 amide bonds. The van der Waals surface area contributed by atoms with Gasteiger partial charge in [-0.3, -0.25) is 4.79 Å². The number of nitrogens with zero attached hydrogens (tertiary/aromatic N) is 1. The normalized spacial score (nSPS) is 46.7. The first-order valence-electron chi connectivity index (χ1n) is 11.6. The van der Waals surface area contributed by atoms with Crippen LogP contribution in [0.25, 0.3) is 0 Å². The fourth-order valence-corrected chi connectivity index (χ4v) is 8.32. The van der Waals surface area contributed by atoms with Gasteiger partial charge in [0.2, 0.25) is 0 Å². The maximum atomic E-state index is 12.8. The van der Waals surface area contributed by atoms with Gasteiger partial charge in [0.1, 0.15) is 0 Å². The second kappa shape index (κ2) is 6.80. The van der Waals surface area contributed by atoms with E-state index in [0.717, 1.165) is 51.8 Å². The summed E-state index contributed by atoms with van der Waals surface area (Å²) in [6.07, 6.45) is 8.72. The van der Waals surface area contributed by atoms with Gasteiger partial charge >= 0.3 is 5.97 Å². The molecule has 2 spiro atoms. The van der Waals surface area contributed by atoms with Gasteiger partial charge in [-0.15, -0.1) is 0 Å². The summed E-state index contributed by atoms with van der Waals surface area (Å²) in [7, 11) is 5.62. The van der Waals surface area contributed by atoms with Gasteiger partial charge in [0.25, 0.3) is 0 Å². The number of carbonyl (C=O) groups excluding carboxylic acids is 1. The standard InChI is InChI=1S/C24H37NO4/c1-5-24(28-4)11-10-22(15-29-24)17-8-6-16-7-9-18-19(21(26)27-3)12-23(22,20(16)18)14-25(2)13-17/h17-19H,5-15H2,1-4H3/t17-,18+,19+,22+,23-,24+/m0/s1. The lowest BCUT2D eigenvalue weighted by Gasteiger charge is -2.62. The highest BCUT2D eigenvalue weighted by Crippen LogP contribution is 2.71. The maximum absolute atomic E-state index is 12.8. The Labute approximate surface area is 175 Å². The molecule has 2 bridgehead atoms. The van der Waals surface area contributed by atoms with E-state index in [1.165, 1.54) is 19.3 Å². The van der Waals surface area contributed by atoms with Gasteiger partial charge in [-0.25, -0.2) is 0 Å². The molecule has 0 radical (unpaired) electrons. The number of hydrogen-bond donors (Lipinski definition) is 0. The van der Waals surface area contributed by atoms with Crippen LogP contribution in [0.1, 0.15) is 58.3 Å². The molecular formula is C24H37NO4. The minimum Gasteiger partial charge on any atom is -0.469 e. The Bertz CT molecular complexity index is 716. The quantitative estimate of drug-likeness (QED) is 0.530. The Hall–Kier alpha value is -0.910. The minimum absolute atomic E-state index is 0.00245. The van der Waals surface area contributed by atoms with Crippen LogP contribution in [0.3, 0.4) is 0 Å². The number of likely N-dealkylation sites (tertiary alicyclic amines) is 1. The molecule has 0 unspecified atom stereocenters. The summed E-state index contributed by atoms with van der Waals surface area (Å²) in [4.78, 5) is 15.4. The van der Waals surface area contributed by atoms with E-state index in [0.29, 0.717) is 11.8 Å². The summed E-state index contributed by atoms with van der Waals surface area (Å²) in [6.45, 7) is 5.13. The van der Waals surface area contributed by atoms with Crippen molar-refractivity contribution in [2.45, 2.75) is 64.1 Å². The van der Waals surface area contributed by atoms with Gasteiger partial charge in [-0.1, -0.05) is 18.1 Å². The van der Waals surface area contributed by atoms with Crippen molar-refractivity contribution in [1.29, 1.82) is 0 Å². The minimum atomic E-state index is -0.430. The molecule has 3 fully saturated rings. The molecule has 5 nitrogen and oxygen atoms in total. The first-order valence-corrected chi connectivity index (χ1v) is 11.6. The Morgan fingerprint density at radius 1 is 1.24 bits per heavy atom. The Kier molecular flexibility index (Phi) is 4.69. The van der Waals surface area contributed by atoms with Crippen molar-refractivity contribution in [3.8, 4) is 0 Å². The van der Waals surface area contributed by atoms with E-state index in [1.807, 2.05) is 0 Å². The first-order chi connectivity index (χ1) is 13.9. The zero-order valence-corrected chi connectivity index (χ0v) is 18.6. The maximum Gasteiger partial charge on any atom is 0.309 e. The summed E-state index contributed by atoms with van der Waals surface area (Å²) in [5, 5.41) is 0. The summed E-state index contributed by atoms with van der Waals surface area (Å²) in [5.74, 6) is 0.606. The fraction of sp³-hybridized carbons (Fsp3) is 0.875. The van der Waals surface area contributed by atoms with E-state index >= 15 is 0 Å². The predicted octanol–water partition coefficient (Wildman–Crippen LogP) is 3.78. The summed E-state index contributed by atoms with van der Waals surface area (Å²) >= 11 is 0. The molecule has 0 aromatic rings. The van der Waals surface area contributed by atoms with Crippen molar-refractivity contribution in [2.75, 3.05) is 41.0 Å². The van der Waals surface area contributed by atoms with Crippen molar-refractivity contribution >= 4 is 5.97 Å². The smallest absolute Gasteiger partial charge is 0.309 e. The van der Waals surface area contributed by atoms with Crippen molar-refractivity contribution in [1.82, 2.24) is 4.90 Å². The molecule has 5 heteroatoms. The topological polar surface area (TPSA) is 48.0 Å². The third-order valence-corrected chi connectivity index (χ3v) is 9.64. The van der Waals surface area contributed by atoms with Crippen LogP contribution in [-0.2, 0) is 19.0 Å². The molecule has 0 aromatic carbocycles. The van der Waals surface area contributed by atoms with Gasteiger partial charge in [-0.05, 0) is 63.8 Å². The zero-order chi connectivity index (χ0) is 20.4. The number of allylic oxidation sites excluding steroid dienone is 1. The Morgan fingerprint density at radius 2 is 2.03 bits per heavy atom. The molecule has 2 saturated heterocycles. The summed E-state index contributed by atoms with van der Waals surface area (Å²) < 4.78 is 17.8. The Morgan fingerprint density at radius 3 is 2.69 bits per heavy atom. The lowest BCUT2D eigenvalue weighted by molar-refractivity contribution is -0.294.